The van der Waals surface area contributed by atoms with E-state index in [2.05, 4.69) is 19.8 Å². The zero-order valence-electron chi connectivity index (χ0n) is 9.49. The van der Waals surface area contributed by atoms with E-state index in [1.165, 1.54) is 16.3 Å². The first-order valence-electron chi connectivity index (χ1n) is 4.65. The van der Waals surface area contributed by atoms with Crippen molar-refractivity contribution >= 4 is 15.4 Å². The summed E-state index contributed by atoms with van der Waals surface area (Å²) in [6, 6.07) is 0. The van der Waals surface area contributed by atoms with Gasteiger partial charge in [0.15, 0.2) is 0 Å². The third-order valence-corrected chi connectivity index (χ3v) is 4.15. The van der Waals surface area contributed by atoms with Crippen LogP contribution in [0.4, 0.5) is 0 Å². The monoisotopic (exact) mass is 204 g/mol. The minimum Gasteiger partial charge on any atom is -0.496 e. The molecule has 0 fully saturated rings. The van der Waals surface area contributed by atoms with Crippen LogP contribution in [0.3, 0.4) is 0 Å². The molecular weight excluding hydrogens is 188 g/mol. The molecule has 2 heteroatoms. The molecule has 0 amide bonds. The first-order chi connectivity index (χ1) is 6.54. The highest BCUT2D eigenvalue weighted by molar-refractivity contribution is 6.35. The van der Waals surface area contributed by atoms with E-state index in [0.29, 0.717) is 0 Å². The molecule has 74 valence electrons. The second kappa shape index (κ2) is 3.89. The first kappa shape index (κ1) is 10.9. The topological polar surface area (TPSA) is 9.23 Å². The van der Waals surface area contributed by atoms with Gasteiger partial charge >= 0.3 is 0 Å². The fourth-order valence-electron chi connectivity index (χ4n) is 1.84. The summed E-state index contributed by atoms with van der Waals surface area (Å²) in [5.41, 5.74) is 4.63. The Morgan fingerprint density at radius 3 is 2.14 bits per heavy atom. The third-order valence-electron chi connectivity index (χ3n) is 2.90. The van der Waals surface area contributed by atoms with Gasteiger partial charge in [-0.1, -0.05) is 11.1 Å². The SMILES string of the molecule is C#Cc1c(C)c(OC)c(C)c(C)c1[SiH3]. The van der Waals surface area contributed by atoms with Crippen LogP contribution in [-0.2, 0) is 0 Å². The Labute approximate surface area is 88.9 Å². The summed E-state index contributed by atoms with van der Waals surface area (Å²) in [6.07, 6.45) is 5.51. The summed E-state index contributed by atoms with van der Waals surface area (Å²) >= 11 is 0. The predicted octanol–water partition coefficient (Wildman–Crippen LogP) is 0.592. The largest absolute Gasteiger partial charge is 0.496 e. The molecule has 0 spiro atoms. The van der Waals surface area contributed by atoms with E-state index in [-0.39, 0.29) is 0 Å². The molecule has 14 heavy (non-hydrogen) atoms. The molecule has 0 N–H and O–H groups in total. The maximum absolute atomic E-state index is 5.51. The minimum atomic E-state index is 0.940. The quantitative estimate of drug-likeness (QED) is 0.481. The predicted molar refractivity (Wildman–Crippen MR) is 64.7 cm³/mol. The van der Waals surface area contributed by atoms with Crippen molar-refractivity contribution in [1.82, 2.24) is 0 Å². The molecule has 0 aliphatic carbocycles. The molecule has 1 nitrogen and oxygen atoms in total. The Morgan fingerprint density at radius 1 is 1.14 bits per heavy atom. The number of benzene rings is 1. The van der Waals surface area contributed by atoms with Crippen LogP contribution in [0.15, 0.2) is 0 Å². The standard InChI is InChI=1S/C12H16OSi/c1-6-10-9(4)11(13-5)7(2)8(3)12(10)14/h1H,2-5,14H3. The lowest BCUT2D eigenvalue weighted by molar-refractivity contribution is 0.408. The molecular formula is C12H16OSi. The minimum absolute atomic E-state index is 0.940. The molecule has 0 bridgehead atoms. The Morgan fingerprint density at radius 2 is 1.71 bits per heavy atom. The van der Waals surface area contributed by atoms with E-state index in [4.69, 9.17) is 11.2 Å². The second-order valence-corrected chi connectivity index (χ2v) is 4.55. The highest BCUT2D eigenvalue weighted by atomic mass is 28.1. The second-order valence-electron chi connectivity index (χ2n) is 3.55. The fourth-order valence-corrected chi connectivity index (χ4v) is 2.73. The molecule has 1 rings (SSSR count). The van der Waals surface area contributed by atoms with Crippen molar-refractivity contribution < 1.29 is 4.74 Å². The highest BCUT2D eigenvalue weighted by Gasteiger charge is 2.13. The molecule has 0 unspecified atom stereocenters. The zero-order chi connectivity index (χ0) is 10.9. The van der Waals surface area contributed by atoms with Crippen LogP contribution in [0.2, 0.25) is 0 Å². The lowest BCUT2D eigenvalue weighted by atomic mass is 9.99. The van der Waals surface area contributed by atoms with Crippen LogP contribution < -0.4 is 9.92 Å². The normalized spacial score (nSPS) is 9.93. The summed E-state index contributed by atoms with van der Waals surface area (Å²) in [5, 5.41) is 1.32. The van der Waals surface area contributed by atoms with Crippen molar-refractivity contribution in [1.29, 1.82) is 0 Å². The van der Waals surface area contributed by atoms with Crippen molar-refractivity contribution in [2.24, 2.45) is 0 Å². The molecule has 0 saturated heterocycles. The summed E-state index contributed by atoms with van der Waals surface area (Å²) in [7, 11) is 2.68. The van der Waals surface area contributed by atoms with E-state index in [0.717, 1.165) is 27.1 Å². The lowest BCUT2D eigenvalue weighted by Gasteiger charge is -2.16. The molecule has 0 radical (unpaired) electrons. The van der Waals surface area contributed by atoms with Crippen molar-refractivity contribution in [2.45, 2.75) is 20.8 Å². The number of hydrogen-bond donors (Lipinski definition) is 0. The fraction of sp³-hybridized carbons (Fsp3) is 0.333. The van der Waals surface area contributed by atoms with Crippen LogP contribution in [0.1, 0.15) is 22.3 Å². The van der Waals surface area contributed by atoms with Gasteiger partial charge in [0.2, 0.25) is 0 Å². The van der Waals surface area contributed by atoms with E-state index in [9.17, 15) is 0 Å². The van der Waals surface area contributed by atoms with E-state index in [1.807, 2.05) is 6.92 Å². The maximum atomic E-state index is 5.51. The van der Waals surface area contributed by atoms with Crippen LogP contribution in [0.5, 0.6) is 5.75 Å². The molecule has 0 atom stereocenters. The number of ether oxygens (including phenoxy) is 1. The maximum Gasteiger partial charge on any atom is 0.126 e. The summed E-state index contributed by atoms with van der Waals surface area (Å²) in [5.74, 6) is 3.70. The molecule has 0 saturated carbocycles. The molecule has 0 aliphatic heterocycles. The van der Waals surface area contributed by atoms with Gasteiger partial charge in [-0.05, 0) is 31.9 Å². The Bertz CT molecular complexity index is 411. The van der Waals surface area contributed by atoms with Gasteiger partial charge in [-0.25, -0.2) is 0 Å². The Balaban J connectivity index is 3.67. The summed E-state index contributed by atoms with van der Waals surface area (Å²) < 4.78 is 5.37. The van der Waals surface area contributed by atoms with Gasteiger partial charge in [0, 0.05) is 21.4 Å². The Hall–Kier alpha value is -1.20. The van der Waals surface area contributed by atoms with Crippen LogP contribution in [-0.4, -0.2) is 17.4 Å². The average Bonchev–Trinajstić information content (AvgIpc) is 2.16. The molecule has 0 aromatic heterocycles. The summed E-state index contributed by atoms with van der Waals surface area (Å²) in [4.78, 5) is 0. The number of methoxy groups -OCH3 is 1. The van der Waals surface area contributed by atoms with Crippen LogP contribution in [0.25, 0.3) is 0 Å². The smallest absolute Gasteiger partial charge is 0.126 e. The average molecular weight is 204 g/mol. The van der Waals surface area contributed by atoms with E-state index < -0.39 is 0 Å². The van der Waals surface area contributed by atoms with Crippen molar-refractivity contribution in [3.63, 3.8) is 0 Å². The number of rotatable bonds is 1. The van der Waals surface area contributed by atoms with Gasteiger partial charge in [0.1, 0.15) is 5.75 Å². The zero-order valence-corrected chi connectivity index (χ0v) is 11.5. The van der Waals surface area contributed by atoms with Gasteiger partial charge in [-0.15, -0.1) is 6.42 Å². The molecule has 1 aromatic rings. The first-order valence-corrected chi connectivity index (χ1v) is 5.65. The van der Waals surface area contributed by atoms with Gasteiger partial charge in [-0.3, -0.25) is 0 Å². The van der Waals surface area contributed by atoms with Gasteiger partial charge in [0.05, 0.1) is 7.11 Å². The van der Waals surface area contributed by atoms with Gasteiger partial charge < -0.3 is 4.74 Å². The van der Waals surface area contributed by atoms with Crippen LogP contribution >= 0.6 is 0 Å². The van der Waals surface area contributed by atoms with Crippen molar-refractivity contribution in [3.05, 3.63) is 22.3 Å². The van der Waals surface area contributed by atoms with Gasteiger partial charge in [-0.2, -0.15) is 0 Å². The summed E-state index contributed by atoms with van der Waals surface area (Å²) in [6.45, 7) is 6.23. The van der Waals surface area contributed by atoms with Crippen LogP contribution in [0, 0.1) is 33.1 Å². The highest BCUT2D eigenvalue weighted by Crippen LogP contribution is 2.26. The third kappa shape index (κ3) is 1.44. The lowest BCUT2D eigenvalue weighted by Crippen LogP contribution is -2.17. The van der Waals surface area contributed by atoms with E-state index in [1.54, 1.807) is 7.11 Å². The van der Waals surface area contributed by atoms with Gasteiger partial charge in [0.25, 0.3) is 0 Å². The van der Waals surface area contributed by atoms with Crippen molar-refractivity contribution in [2.75, 3.05) is 7.11 Å². The molecule has 0 heterocycles. The van der Waals surface area contributed by atoms with Crippen molar-refractivity contribution in [3.8, 4) is 18.1 Å². The molecule has 0 aliphatic rings. The molecule has 1 aromatic carbocycles. The Kier molecular flexibility index (Phi) is 3.02. The number of terminal acetylenes is 1. The number of hydrogen-bond acceptors (Lipinski definition) is 1. The van der Waals surface area contributed by atoms with E-state index >= 15 is 0 Å².